The Morgan fingerprint density at radius 2 is 1.48 bits per heavy atom. The molecule has 3 aromatic carbocycles. The van der Waals surface area contributed by atoms with Crippen molar-refractivity contribution in [1.82, 2.24) is 0 Å². The molecule has 50 heavy (non-hydrogen) atoms. The molecule has 5 N–H and O–H groups in total. The average Bonchev–Trinajstić information content (AvgIpc) is 3.32. The lowest BCUT2D eigenvalue weighted by atomic mass is 9.55. The van der Waals surface area contributed by atoms with Crippen molar-refractivity contribution in [3.63, 3.8) is 0 Å². The fourth-order valence-electron chi connectivity index (χ4n) is 8.72. The monoisotopic (exact) mass is 748 g/mol. The van der Waals surface area contributed by atoms with Crippen LogP contribution in [0.4, 0.5) is 0 Å². The number of aliphatic hydroxyl groups is 3. The molecule has 0 radical (unpaired) electrons. The number of ketones is 3. The molecular weight excluding hydrogens is 716 g/mol. The average molecular weight is 750 g/mol. The van der Waals surface area contributed by atoms with Gasteiger partial charge in [0.15, 0.2) is 28.6 Å². The maximum absolute atomic E-state index is 14.7. The van der Waals surface area contributed by atoms with E-state index in [1.165, 1.54) is 19.1 Å². The lowest BCUT2D eigenvalue weighted by molar-refractivity contribution is -0.263. The predicted octanol–water partition coefficient (Wildman–Crippen LogP) is 3.63. The smallest absolute Gasteiger partial charge is 0.196 e. The first kappa shape index (κ1) is 33.1. The molecular formula is C37H33BrO12. The Morgan fingerprint density at radius 1 is 0.820 bits per heavy atom. The van der Waals surface area contributed by atoms with E-state index in [1.807, 2.05) is 24.3 Å². The normalized spacial score (nSPS) is 33.8. The van der Waals surface area contributed by atoms with Crippen LogP contribution < -0.4 is 9.47 Å². The number of aliphatic hydroxyl groups excluding tert-OH is 2. The first-order valence-corrected chi connectivity index (χ1v) is 17.0. The number of carbonyl (C=O) groups excluding carboxylic acids is 3. The SMILES string of the molecule is C[C@H]1O[C@H](C)C(O)C2=C1C(=O)c1c(O)cc3c(c1C2=O)[C@@]1(O)c2cc(OCc4ccc(Br)cc4)cc(O)c2C(=O)[C@H]2[C@@H](C)O[C@H](C)[C@@H](O)[C@@]21O3. The van der Waals surface area contributed by atoms with Crippen molar-refractivity contribution in [1.29, 1.82) is 0 Å². The lowest BCUT2D eigenvalue weighted by Gasteiger charge is -2.57. The summed E-state index contributed by atoms with van der Waals surface area (Å²) >= 11 is 3.39. The Balaban J connectivity index is 1.41. The summed E-state index contributed by atoms with van der Waals surface area (Å²) in [6, 6.07) is 10.9. The van der Waals surface area contributed by atoms with E-state index in [2.05, 4.69) is 15.9 Å². The standard InChI is InChI=1S/C37H33BrO12/c1-13-24-28(31(41)15(3)48-13)33(43)27-26(32(24)42)22(40)11-23-30(27)36(46)20-9-19(47-12-17-5-7-18(38)8-6-17)10-21(39)25(20)34(44)29-14(2)49-16(4)35(45)37(29,36)50-23/h5-11,13-16,29,31,35,39-41,45-46H,12H2,1-4H3/t13-,14-,15-,16-,29-,31?,35-,36+,37+/m1/s1. The maximum atomic E-state index is 14.7. The van der Waals surface area contributed by atoms with Gasteiger partial charge in [-0.1, -0.05) is 28.1 Å². The van der Waals surface area contributed by atoms with Gasteiger partial charge in [0.2, 0.25) is 0 Å². The summed E-state index contributed by atoms with van der Waals surface area (Å²) < 4.78 is 25.1. The van der Waals surface area contributed by atoms with E-state index in [1.54, 1.807) is 20.8 Å². The summed E-state index contributed by atoms with van der Waals surface area (Å²) in [6.07, 6.45) is -7.04. The molecule has 1 spiro atoms. The van der Waals surface area contributed by atoms with Gasteiger partial charge in [0, 0.05) is 44.4 Å². The van der Waals surface area contributed by atoms with E-state index in [9.17, 15) is 39.9 Å². The zero-order valence-electron chi connectivity index (χ0n) is 27.3. The van der Waals surface area contributed by atoms with Crippen molar-refractivity contribution in [2.45, 2.75) is 82.1 Å². The second-order valence-corrected chi connectivity index (χ2v) is 14.6. The van der Waals surface area contributed by atoms with Crippen molar-refractivity contribution in [2.75, 3.05) is 0 Å². The van der Waals surface area contributed by atoms with Crippen molar-refractivity contribution in [3.8, 4) is 23.0 Å². The van der Waals surface area contributed by atoms with Crippen LogP contribution in [-0.2, 0) is 21.7 Å². The quantitative estimate of drug-likeness (QED) is 0.262. The Hall–Kier alpha value is -4.11. The molecule has 2 aliphatic carbocycles. The summed E-state index contributed by atoms with van der Waals surface area (Å²) in [7, 11) is 0. The summed E-state index contributed by atoms with van der Waals surface area (Å²) in [4.78, 5) is 43.3. The molecule has 5 aliphatic rings. The minimum atomic E-state index is -2.63. The zero-order chi connectivity index (χ0) is 35.8. The number of hydrogen-bond acceptors (Lipinski definition) is 12. The Bertz CT molecular complexity index is 2070. The van der Waals surface area contributed by atoms with Crippen LogP contribution in [-0.4, -0.2) is 85.1 Å². The number of hydrogen-bond donors (Lipinski definition) is 5. The predicted molar refractivity (Wildman–Crippen MR) is 177 cm³/mol. The highest BCUT2D eigenvalue weighted by atomic mass is 79.9. The van der Waals surface area contributed by atoms with Crippen molar-refractivity contribution < 1.29 is 58.9 Å². The molecule has 0 aromatic heterocycles. The fraction of sp³-hybridized carbons (Fsp3) is 0.378. The molecule has 3 heterocycles. The number of benzene rings is 3. The van der Waals surface area contributed by atoms with Crippen LogP contribution in [0.5, 0.6) is 23.0 Å². The number of Topliss-reactive ketones (excluding diaryl/α,β-unsaturated/α-hetero) is 3. The van der Waals surface area contributed by atoms with Gasteiger partial charge < -0.3 is 44.5 Å². The van der Waals surface area contributed by atoms with Gasteiger partial charge in [-0.05, 0) is 51.5 Å². The minimum Gasteiger partial charge on any atom is -0.507 e. The third-order valence-electron chi connectivity index (χ3n) is 10.8. The van der Waals surface area contributed by atoms with Crippen LogP contribution >= 0.6 is 15.9 Å². The number of phenolic OH excluding ortho intramolecular Hbond substituents is 2. The third kappa shape index (κ3) is 4.07. The van der Waals surface area contributed by atoms with Crippen molar-refractivity contribution in [3.05, 3.63) is 91.5 Å². The minimum absolute atomic E-state index is 0.0345. The lowest BCUT2D eigenvalue weighted by Crippen LogP contribution is -2.75. The third-order valence-corrected chi connectivity index (χ3v) is 11.4. The summed E-state index contributed by atoms with van der Waals surface area (Å²) in [5, 5.41) is 59.5. The Labute approximate surface area is 294 Å². The molecule has 1 unspecified atom stereocenters. The number of ether oxygens (including phenoxy) is 4. The highest BCUT2D eigenvalue weighted by molar-refractivity contribution is 9.10. The van der Waals surface area contributed by atoms with Crippen molar-refractivity contribution >= 4 is 33.3 Å². The molecule has 13 heteroatoms. The van der Waals surface area contributed by atoms with Gasteiger partial charge in [0.25, 0.3) is 0 Å². The molecule has 3 aromatic rings. The molecule has 9 atom stereocenters. The molecule has 1 saturated heterocycles. The van der Waals surface area contributed by atoms with Crippen LogP contribution in [0.3, 0.4) is 0 Å². The van der Waals surface area contributed by atoms with Gasteiger partial charge in [0.1, 0.15) is 41.8 Å². The van der Waals surface area contributed by atoms with Gasteiger partial charge in [-0.15, -0.1) is 0 Å². The van der Waals surface area contributed by atoms with E-state index < -0.39 is 93.7 Å². The van der Waals surface area contributed by atoms with E-state index >= 15 is 0 Å². The zero-order valence-corrected chi connectivity index (χ0v) is 28.8. The molecule has 0 saturated carbocycles. The number of rotatable bonds is 3. The van der Waals surface area contributed by atoms with Crippen LogP contribution in [0.25, 0.3) is 0 Å². The Morgan fingerprint density at radius 3 is 2.18 bits per heavy atom. The molecule has 260 valence electrons. The molecule has 0 bridgehead atoms. The van der Waals surface area contributed by atoms with Gasteiger partial charge in [-0.2, -0.15) is 0 Å². The highest BCUT2D eigenvalue weighted by Crippen LogP contribution is 2.65. The van der Waals surface area contributed by atoms with Gasteiger partial charge in [-0.3, -0.25) is 14.4 Å². The summed E-state index contributed by atoms with van der Waals surface area (Å²) in [6.45, 7) is 6.24. The van der Waals surface area contributed by atoms with Gasteiger partial charge >= 0.3 is 0 Å². The van der Waals surface area contributed by atoms with Gasteiger partial charge in [0.05, 0.1) is 41.5 Å². The number of aromatic hydroxyl groups is 2. The summed E-state index contributed by atoms with van der Waals surface area (Å²) in [5.74, 6) is -5.25. The first-order chi connectivity index (χ1) is 23.6. The topological polar surface area (TPSA) is 189 Å². The maximum Gasteiger partial charge on any atom is 0.196 e. The second-order valence-electron chi connectivity index (χ2n) is 13.7. The molecule has 12 nitrogen and oxygen atoms in total. The van der Waals surface area contributed by atoms with Crippen LogP contribution in [0.1, 0.15) is 75.5 Å². The first-order valence-electron chi connectivity index (χ1n) is 16.2. The van der Waals surface area contributed by atoms with E-state index in [0.717, 1.165) is 16.1 Å². The molecule has 3 aliphatic heterocycles. The van der Waals surface area contributed by atoms with E-state index in [4.69, 9.17) is 18.9 Å². The molecule has 0 amide bonds. The van der Waals surface area contributed by atoms with E-state index in [-0.39, 0.29) is 45.9 Å². The van der Waals surface area contributed by atoms with E-state index in [0.29, 0.717) is 0 Å². The van der Waals surface area contributed by atoms with Crippen LogP contribution in [0.15, 0.2) is 58.1 Å². The number of fused-ring (bicyclic) bond motifs is 6. The molecule has 8 rings (SSSR count). The van der Waals surface area contributed by atoms with Crippen LogP contribution in [0.2, 0.25) is 0 Å². The highest BCUT2D eigenvalue weighted by Gasteiger charge is 2.77. The van der Waals surface area contributed by atoms with Crippen LogP contribution in [0, 0.1) is 5.92 Å². The number of halogens is 1. The second kappa shape index (κ2) is 10.9. The Kier molecular flexibility index (Phi) is 7.24. The fourth-order valence-corrected chi connectivity index (χ4v) is 8.99. The number of phenols is 2. The summed E-state index contributed by atoms with van der Waals surface area (Å²) in [5.41, 5.74) is -6.30. The largest absolute Gasteiger partial charge is 0.507 e. The molecule has 1 fully saturated rings. The van der Waals surface area contributed by atoms with Crippen molar-refractivity contribution in [2.24, 2.45) is 5.92 Å². The van der Waals surface area contributed by atoms with Gasteiger partial charge in [-0.25, -0.2) is 0 Å². The number of carbonyl (C=O) groups is 3.